The Kier molecular flexibility index (Phi) is 5.87. The van der Waals surface area contributed by atoms with E-state index >= 15 is 0 Å². The van der Waals surface area contributed by atoms with Gasteiger partial charge in [-0.25, -0.2) is 0 Å². The van der Waals surface area contributed by atoms with Crippen molar-refractivity contribution in [3.05, 3.63) is 54.1 Å². The van der Waals surface area contributed by atoms with Gasteiger partial charge in [-0.2, -0.15) is 0 Å². The third kappa shape index (κ3) is 4.76. The first kappa shape index (κ1) is 17.9. The molecule has 1 atom stereocenters. The van der Waals surface area contributed by atoms with Gasteiger partial charge in [0.1, 0.15) is 0 Å². The largest absolute Gasteiger partial charge is 0.326 e. The molecule has 0 fully saturated rings. The first-order valence-corrected chi connectivity index (χ1v) is 9.08. The lowest BCUT2D eigenvalue weighted by Crippen LogP contribution is -2.17. The maximum atomic E-state index is 12.2. The highest BCUT2D eigenvalue weighted by Gasteiger charge is 2.09. The van der Waals surface area contributed by atoms with Crippen molar-refractivity contribution in [1.29, 1.82) is 0 Å². The normalized spacial score (nSPS) is 11.8. The van der Waals surface area contributed by atoms with E-state index in [2.05, 4.69) is 10.6 Å². The molecule has 0 bridgehead atoms. The van der Waals surface area contributed by atoms with Crippen molar-refractivity contribution in [1.82, 2.24) is 0 Å². The Morgan fingerprint density at radius 2 is 1.38 bits per heavy atom. The summed E-state index contributed by atoms with van der Waals surface area (Å²) < 4.78 is 11.3. The highest BCUT2D eigenvalue weighted by molar-refractivity contribution is 7.84. The van der Waals surface area contributed by atoms with Crippen LogP contribution in [0, 0.1) is 5.92 Å². The van der Waals surface area contributed by atoms with Crippen LogP contribution in [-0.4, -0.2) is 22.3 Å². The van der Waals surface area contributed by atoms with Gasteiger partial charge >= 0.3 is 0 Å². The molecule has 2 rings (SSSR count). The summed E-state index contributed by atoms with van der Waals surface area (Å²) in [6, 6.07) is 13.6. The lowest BCUT2D eigenvalue weighted by atomic mass is 10.2. The SMILES string of the molecule is CC(C)C(=O)Nc1ccc(NC(=O)c2ccc(S(C)=O)cc2)cc1. The van der Waals surface area contributed by atoms with Crippen LogP contribution in [0.4, 0.5) is 11.4 Å². The van der Waals surface area contributed by atoms with Crippen LogP contribution in [0.15, 0.2) is 53.4 Å². The smallest absolute Gasteiger partial charge is 0.255 e. The molecule has 2 aromatic rings. The van der Waals surface area contributed by atoms with Gasteiger partial charge in [-0.15, -0.1) is 0 Å². The van der Waals surface area contributed by atoms with Gasteiger partial charge in [-0.3, -0.25) is 13.8 Å². The number of nitrogens with one attached hydrogen (secondary N) is 2. The summed E-state index contributed by atoms with van der Waals surface area (Å²) in [5.74, 6) is -0.396. The van der Waals surface area contributed by atoms with E-state index in [0.717, 1.165) is 0 Å². The third-order valence-electron chi connectivity index (χ3n) is 3.38. The summed E-state index contributed by atoms with van der Waals surface area (Å²) in [5.41, 5.74) is 1.80. The Hall–Kier alpha value is -2.47. The summed E-state index contributed by atoms with van der Waals surface area (Å²) >= 11 is 0. The van der Waals surface area contributed by atoms with Crippen LogP contribution in [0.5, 0.6) is 0 Å². The molecule has 2 N–H and O–H groups in total. The highest BCUT2D eigenvalue weighted by atomic mass is 32.2. The number of benzene rings is 2. The van der Waals surface area contributed by atoms with E-state index < -0.39 is 10.8 Å². The molecule has 0 heterocycles. The molecule has 0 spiro atoms. The molecule has 0 saturated carbocycles. The van der Waals surface area contributed by atoms with E-state index in [4.69, 9.17) is 0 Å². The van der Waals surface area contributed by atoms with Crippen molar-refractivity contribution >= 4 is 34.0 Å². The second kappa shape index (κ2) is 7.88. The average Bonchev–Trinajstić information content (AvgIpc) is 2.56. The summed E-state index contributed by atoms with van der Waals surface area (Å²) in [6.45, 7) is 3.65. The Morgan fingerprint density at radius 3 is 1.83 bits per heavy atom. The average molecular weight is 344 g/mol. The van der Waals surface area contributed by atoms with Crippen molar-refractivity contribution in [3.63, 3.8) is 0 Å². The molecule has 126 valence electrons. The number of carbonyl (C=O) groups is 2. The first-order chi connectivity index (χ1) is 11.4. The summed E-state index contributed by atoms with van der Waals surface area (Å²) in [6.07, 6.45) is 1.59. The van der Waals surface area contributed by atoms with Crippen molar-refractivity contribution < 1.29 is 13.8 Å². The van der Waals surface area contributed by atoms with Crippen LogP contribution in [-0.2, 0) is 15.6 Å². The molecule has 0 aliphatic carbocycles. The summed E-state index contributed by atoms with van der Waals surface area (Å²) in [7, 11) is -1.07. The van der Waals surface area contributed by atoms with Crippen LogP contribution >= 0.6 is 0 Å². The highest BCUT2D eigenvalue weighted by Crippen LogP contribution is 2.16. The lowest BCUT2D eigenvalue weighted by molar-refractivity contribution is -0.118. The van der Waals surface area contributed by atoms with Gasteiger partial charge < -0.3 is 10.6 Å². The van der Waals surface area contributed by atoms with Gasteiger partial charge in [-0.05, 0) is 48.5 Å². The molecular weight excluding hydrogens is 324 g/mol. The Bertz CT molecular complexity index is 753. The van der Waals surface area contributed by atoms with Crippen molar-refractivity contribution in [3.8, 4) is 0 Å². The second-order valence-electron chi connectivity index (χ2n) is 5.65. The first-order valence-electron chi connectivity index (χ1n) is 7.52. The number of anilines is 2. The van der Waals surface area contributed by atoms with Crippen LogP contribution in [0.25, 0.3) is 0 Å². The minimum Gasteiger partial charge on any atom is -0.326 e. The van der Waals surface area contributed by atoms with E-state index in [1.807, 2.05) is 13.8 Å². The maximum absolute atomic E-state index is 12.2. The number of hydrogen-bond acceptors (Lipinski definition) is 3. The fourth-order valence-corrected chi connectivity index (χ4v) is 2.44. The summed E-state index contributed by atoms with van der Waals surface area (Å²) in [4.78, 5) is 24.5. The van der Waals surface area contributed by atoms with Gasteiger partial charge in [0.15, 0.2) is 0 Å². The third-order valence-corrected chi connectivity index (χ3v) is 4.32. The van der Waals surface area contributed by atoms with E-state index in [0.29, 0.717) is 21.8 Å². The maximum Gasteiger partial charge on any atom is 0.255 e. The molecule has 0 aliphatic rings. The topological polar surface area (TPSA) is 75.3 Å². The Morgan fingerprint density at radius 1 is 0.875 bits per heavy atom. The van der Waals surface area contributed by atoms with Crippen LogP contribution in [0.1, 0.15) is 24.2 Å². The molecule has 2 aromatic carbocycles. The quantitative estimate of drug-likeness (QED) is 0.874. The van der Waals surface area contributed by atoms with Gasteiger partial charge in [0.05, 0.1) is 0 Å². The Labute approximate surface area is 143 Å². The molecule has 0 aliphatic heterocycles. The van der Waals surface area contributed by atoms with Crippen LogP contribution < -0.4 is 10.6 Å². The molecule has 6 heteroatoms. The van der Waals surface area contributed by atoms with Gasteiger partial charge in [0.2, 0.25) is 5.91 Å². The molecule has 1 unspecified atom stereocenters. The molecule has 0 radical (unpaired) electrons. The fourth-order valence-electron chi connectivity index (χ4n) is 1.92. The minimum atomic E-state index is -1.07. The Balaban J connectivity index is 2.01. The minimum absolute atomic E-state index is 0.0554. The van der Waals surface area contributed by atoms with Gasteiger partial charge in [0, 0.05) is 44.8 Å². The molecule has 2 amide bonds. The monoisotopic (exact) mass is 344 g/mol. The zero-order valence-electron chi connectivity index (χ0n) is 13.8. The number of rotatable bonds is 5. The van der Waals surface area contributed by atoms with E-state index in [1.165, 1.54) is 0 Å². The van der Waals surface area contributed by atoms with E-state index in [1.54, 1.807) is 54.8 Å². The fraction of sp³-hybridized carbons (Fsp3) is 0.222. The van der Waals surface area contributed by atoms with E-state index in [-0.39, 0.29) is 17.7 Å². The summed E-state index contributed by atoms with van der Waals surface area (Å²) in [5, 5.41) is 5.57. The standard InChI is InChI=1S/C18H20N2O3S/c1-12(2)17(21)19-14-6-8-15(9-7-14)20-18(22)13-4-10-16(11-5-13)24(3)23/h4-12H,1-3H3,(H,19,21)(H,20,22). The molecule has 24 heavy (non-hydrogen) atoms. The molecule has 0 saturated heterocycles. The molecule has 5 nitrogen and oxygen atoms in total. The predicted octanol–water partition coefficient (Wildman–Crippen LogP) is 3.27. The van der Waals surface area contributed by atoms with E-state index in [9.17, 15) is 13.8 Å². The zero-order valence-corrected chi connectivity index (χ0v) is 14.6. The van der Waals surface area contributed by atoms with Crippen molar-refractivity contribution in [2.24, 2.45) is 5.92 Å². The van der Waals surface area contributed by atoms with Crippen molar-refractivity contribution in [2.45, 2.75) is 18.7 Å². The number of hydrogen-bond donors (Lipinski definition) is 2. The second-order valence-corrected chi connectivity index (χ2v) is 7.03. The van der Waals surface area contributed by atoms with Gasteiger partial charge in [0.25, 0.3) is 5.91 Å². The number of amides is 2. The predicted molar refractivity (Wildman–Crippen MR) is 96.6 cm³/mol. The lowest BCUT2D eigenvalue weighted by Gasteiger charge is -2.09. The zero-order chi connectivity index (χ0) is 17.7. The van der Waals surface area contributed by atoms with Crippen molar-refractivity contribution in [2.75, 3.05) is 16.9 Å². The van der Waals surface area contributed by atoms with Crippen LogP contribution in [0.2, 0.25) is 0 Å². The van der Waals surface area contributed by atoms with Crippen LogP contribution in [0.3, 0.4) is 0 Å². The molecule has 0 aromatic heterocycles. The number of carbonyl (C=O) groups excluding carboxylic acids is 2. The van der Waals surface area contributed by atoms with Gasteiger partial charge in [-0.1, -0.05) is 13.8 Å². The molecular formula is C18H20N2O3S.